The van der Waals surface area contributed by atoms with Crippen LogP contribution in [0.5, 0.6) is 0 Å². The van der Waals surface area contributed by atoms with Crippen molar-refractivity contribution in [3.8, 4) is 0 Å². The molecule has 0 aliphatic rings. The van der Waals surface area contributed by atoms with Crippen molar-refractivity contribution in [3.63, 3.8) is 0 Å². The Hall–Kier alpha value is -2.37. The SMILES string of the molecule is Cc1cccc(CCC(=O)N[C@@H](CC(N)=O)C(=O)O)c1. The number of carbonyl (C=O) groups excluding carboxylic acids is 2. The van der Waals surface area contributed by atoms with Crippen molar-refractivity contribution in [2.24, 2.45) is 5.73 Å². The number of nitrogens with two attached hydrogens (primary N) is 1. The summed E-state index contributed by atoms with van der Waals surface area (Å²) in [6.07, 6.45) is 0.258. The highest BCUT2D eigenvalue weighted by atomic mass is 16.4. The zero-order chi connectivity index (χ0) is 15.1. The Labute approximate surface area is 117 Å². The number of aryl methyl sites for hydroxylation is 2. The number of rotatable bonds is 7. The van der Waals surface area contributed by atoms with Gasteiger partial charge >= 0.3 is 5.97 Å². The van der Waals surface area contributed by atoms with E-state index in [4.69, 9.17) is 10.8 Å². The number of hydrogen-bond acceptors (Lipinski definition) is 3. The number of primary amides is 1. The predicted octanol–water partition coefficient (Wildman–Crippen LogP) is 0.372. The standard InChI is InChI=1S/C14H18N2O4/c1-9-3-2-4-10(7-9)5-6-13(18)16-11(14(19)20)8-12(15)17/h2-4,7,11H,5-6,8H2,1H3,(H2,15,17)(H,16,18)(H,19,20)/t11-/m0/s1. The average Bonchev–Trinajstić information content (AvgIpc) is 2.35. The van der Waals surface area contributed by atoms with E-state index in [1.807, 2.05) is 31.2 Å². The van der Waals surface area contributed by atoms with Gasteiger partial charge in [-0.15, -0.1) is 0 Å². The Bertz CT molecular complexity index is 514. The Morgan fingerprint density at radius 1 is 1.35 bits per heavy atom. The van der Waals surface area contributed by atoms with Crippen molar-refractivity contribution >= 4 is 17.8 Å². The minimum absolute atomic E-state index is 0.159. The summed E-state index contributed by atoms with van der Waals surface area (Å²) in [4.78, 5) is 33.3. The maximum Gasteiger partial charge on any atom is 0.326 e. The molecule has 6 heteroatoms. The molecule has 0 saturated carbocycles. The van der Waals surface area contributed by atoms with Crippen LogP contribution in [0.3, 0.4) is 0 Å². The fourth-order valence-electron chi connectivity index (χ4n) is 1.79. The number of carboxylic acids is 1. The second-order valence-electron chi connectivity index (χ2n) is 4.62. The van der Waals surface area contributed by atoms with Gasteiger partial charge in [-0.05, 0) is 18.9 Å². The van der Waals surface area contributed by atoms with Crippen LogP contribution in [-0.2, 0) is 20.8 Å². The smallest absolute Gasteiger partial charge is 0.326 e. The van der Waals surface area contributed by atoms with E-state index in [0.717, 1.165) is 11.1 Å². The first kappa shape index (κ1) is 15.7. The number of carboxylic acid groups (broad SMARTS) is 1. The summed E-state index contributed by atoms with van der Waals surface area (Å²) in [6.45, 7) is 1.96. The summed E-state index contributed by atoms with van der Waals surface area (Å²) in [7, 11) is 0. The number of hydrogen-bond donors (Lipinski definition) is 3. The quantitative estimate of drug-likeness (QED) is 0.669. The Morgan fingerprint density at radius 3 is 2.60 bits per heavy atom. The first-order valence-corrected chi connectivity index (χ1v) is 6.24. The highest BCUT2D eigenvalue weighted by molar-refractivity contribution is 5.88. The molecule has 108 valence electrons. The van der Waals surface area contributed by atoms with Gasteiger partial charge in [0.1, 0.15) is 6.04 Å². The molecule has 6 nitrogen and oxygen atoms in total. The van der Waals surface area contributed by atoms with Crippen molar-refractivity contribution < 1.29 is 19.5 Å². The van der Waals surface area contributed by atoms with Crippen molar-refractivity contribution in [2.45, 2.75) is 32.2 Å². The molecule has 1 aromatic carbocycles. The summed E-state index contributed by atoms with van der Waals surface area (Å²) >= 11 is 0. The van der Waals surface area contributed by atoms with E-state index in [-0.39, 0.29) is 6.42 Å². The zero-order valence-corrected chi connectivity index (χ0v) is 11.3. The fourth-order valence-corrected chi connectivity index (χ4v) is 1.79. The molecule has 0 heterocycles. The second-order valence-corrected chi connectivity index (χ2v) is 4.62. The average molecular weight is 278 g/mol. The van der Waals surface area contributed by atoms with Crippen LogP contribution < -0.4 is 11.1 Å². The van der Waals surface area contributed by atoms with Crippen LogP contribution in [0.4, 0.5) is 0 Å². The zero-order valence-electron chi connectivity index (χ0n) is 11.3. The molecule has 0 bridgehead atoms. The third-order valence-corrected chi connectivity index (χ3v) is 2.76. The molecular weight excluding hydrogens is 260 g/mol. The van der Waals surface area contributed by atoms with E-state index in [9.17, 15) is 14.4 Å². The molecule has 0 radical (unpaired) electrons. The maximum atomic E-state index is 11.7. The number of nitrogens with one attached hydrogen (secondary N) is 1. The summed E-state index contributed by atoms with van der Waals surface area (Å²) in [5.74, 6) is -2.45. The van der Waals surface area contributed by atoms with Crippen LogP contribution in [-0.4, -0.2) is 28.9 Å². The lowest BCUT2D eigenvalue weighted by atomic mass is 10.1. The van der Waals surface area contributed by atoms with Crippen molar-refractivity contribution in [2.75, 3.05) is 0 Å². The van der Waals surface area contributed by atoms with E-state index in [2.05, 4.69) is 5.32 Å². The fraction of sp³-hybridized carbons (Fsp3) is 0.357. The van der Waals surface area contributed by atoms with Crippen LogP contribution in [0.25, 0.3) is 0 Å². The van der Waals surface area contributed by atoms with Gasteiger partial charge in [0.15, 0.2) is 0 Å². The van der Waals surface area contributed by atoms with Crippen LogP contribution in [0.1, 0.15) is 24.0 Å². The highest BCUT2D eigenvalue weighted by Crippen LogP contribution is 2.06. The second kappa shape index (κ2) is 7.28. The molecule has 0 aliphatic carbocycles. The van der Waals surface area contributed by atoms with Gasteiger partial charge in [-0.1, -0.05) is 29.8 Å². The Balaban J connectivity index is 2.49. The Kier molecular flexibility index (Phi) is 5.71. The minimum atomic E-state index is -1.27. The van der Waals surface area contributed by atoms with Crippen molar-refractivity contribution in [1.29, 1.82) is 0 Å². The molecule has 1 rings (SSSR count). The Morgan fingerprint density at radius 2 is 2.05 bits per heavy atom. The summed E-state index contributed by atoms with van der Waals surface area (Å²) in [6, 6.07) is 6.45. The lowest BCUT2D eigenvalue weighted by molar-refractivity contribution is -0.143. The lowest BCUT2D eigenvalue weighted by Crippen LogP contribution is -2.43. The minimum Gasteiger partial charge on any atom is -0.480 e. The van der Waals surface area contributed by atoms with Gasteiger partial charge in [0, 0.05) is 6.42 Å². The molecule has 0 unspecified atom stereocenters. The van der Waals surface area contributed by atoms with Crippen molar-refractivity contribution in [1.82, 2.24) is 5.32 Å². The van der Waals surface area contributed by atoms with Gasteiger partial charge in [-0.3, -0.25) is 9.59 Å². The molecule has 2 amide bonds. The largest absolute Gasteiger partial charge is 0.480 e. The number of benzene rings is 1. The normalized spacial score (nSPS) is 11.7. The number of carbonyl (C=O) groups is 3. The predicted molar refractivity (Wildman–Crippen MR) is 72.9 cm³/mol. The molecule has 1 aromatic rings. The van der Waals surface area contributed by atoms with Crippen molar-refractivity contribution in [3.05, 3.63) is 35.4 Å². The summed E-state index contributed by atoms with van der Waals surface area (Å²) < 4.78 is 0. The van der Waals surface area contributed by atoms with Gasteiger partial charge in [0.25, 0.3) is 0 Å². The van der Waals surface area contributed by atoms with Crippen LogP contribution in [0.15, 0.2) is 24.3 Å². The molecule has 1 atom stereocenters. The molecule has 0 saturated heterocycles. The molecule has 4 N–H and O–H groups in total. The molecule has 0 spiro atoms. The monoisotopic (exact) mass is 278 g/mol. The van der Waals surface area contributed by atoms with Gasteiger partial charge in [0.05, 0.1) is 6.42 Å². The van der Waals surface area contributed by atoms with E-state index >= 15 is 0 Å². The van der Waals surface area contributed by atoms with E-state index in [1.54, 1.807) is 0 Å². The topological polar surface area (TPSA) is 109 Å². The number of amides is 2. The van der Waals surface area contributed by atoms with E-state index in [1.165, 1.54) is 0 Å². The van der Waals surface area contributed by atoms with Gasteiger partial charge < -0.3 is 16.2 Å². The number of aliphatic carboxylic acids is 1. The van der Waals surface area contributed by atoms with Crippen LogP contribution in [0.2, 0.25) is 0 Å². The van der Waals surface area contributed by atoms with Gasteiger partial charge in [0.2, 0.25) is 11.8 Å². The van der Waals surface area contributed by atoms with Crippen LogP contribution >= 0.6 is 0 Å². The lowest BCUT2D eigenvalue weighted by Gasteiger charge is -2.12. The molecule has 0 aliphatic heterocycles. The van der Waals surface area contributed by atoms with Crippen LogP contribution in [0, 0.1) is 6.92 Å². The first-order chi connectivity index (χ1) is 9.38. The molecular formula is C14H18N2O4. The first-order valence-electron chi connectivity index (χ1n) is 6.24. The third-order valence-electron chi connectivity index (χ3n) is 2.76. The van der Waals surface area contributed by atoms with E-state index < -0.39 is 30.2 Å². The molecule has 20 heavy (non-hydrogen) atoms. The molecule has 0 fully saturated rings. The highest BCUT2D eigenvalue weighted by Gasteiger charge is 2.21. The maximum absolute atomic E-state index is 11.7. The van der Waals surface area contributed by atoms with Gasteiger partial charge in [-0.25, -0.2) is 4.79 Å². The summed E-state index contributed by atoms with van der Waals surface area (Å²) in [5, 5.41) is 11.2. The van der Waals surface area contributed by atoms with Gasteiger partial charge in [-0.2, -0.15) is 0 Å². The van der Waals surface area contributed by atoms with E-state index in [0.29, 0.717) is 6.42 Å². The molecule has 0 aromatic heterocycles. The summed E-state index contributed by atoms with van der Waals surface area (Å²) in [5.41, 5.74) is 7.03. The third kappa shape index (κ3) is 5.51.